The number of hydrogen-bond acceptors (Lipinski definition) is 2. The van der Waals surface area contributed by atoms with Crippen molar-refractivity contribution in [3.8, 4) is 0 Å². The van der Waals surface area contributed by atoms with Crippen LogP contribution in [0.2, 0.25) is 0 Å². The fourth-order valence-corrected chi connectivity index (χ4v) is 1.56. The molecule has 0 aromatic rings. The molecule has 78 valence electrons. The van der Waals surface area contributed by atoms with E-state index in [0.717, 1.165) is 6.61 Å². The molecule has 0 radical (unpaired) electrons. The van der Waals surface area contributed by atoms with Crippen LogP contribution in [0.3, 0.4) is 0 Å². The lowest BCUT2D eigenvalue weighted by Crippen LogP contribution is -2.13. The van der Waals surface area contributed by atoms with Crippen LogP contribution < -0.4 is 0 Å². The average Bonchev–Trinajstić information content (AvgIpc) is 2.16. The van der Waals surface area contributed by atoms with Gasteiger partial charge in [-0.25, -0.2) is 0 Å². The van der Waals surface area contributed by atoms with Crippen molar-refractivity contribution in [2.75, 3.05) is 20.8 Å². The molecule has 2 atom stereocenters. The Hall–Kier alpha value is -0.370. The predicted molar refractivity (Wildman–Crippen MR) is 58.5 cm³/mol. The summed E-state index contributed by atoms with van der Waals surface area (Å²) in [5.41, 5.74) is 0. The Morgan fingerprint density at radius 1 is 1.31 bits per heavy atom. The van der Waals surface area contributed by atoms with Gasteiger partial charge in [-0.05, 0) is 24.7 Å². The zero-order valence-electron chi connectivity index (χ0n) is 9.42. The molecule has 0 aliphatic rings. The third-order valence-corrected chi connectivity index (χ3v) is 2.50. The van der Waals surface area contributed by atoms with Crippen molar-refractivity contribution in [3.05, 3.63) is 0 Å². The van der Waals surface area contributed by atoms with E-state index in [9.17, 15) is 0 Å². The Kier molecular flexibility index (Phi) is 8.00. The minimum atomic E-state index is 0.630. The highest BCUT2D eigenvalue weighted by atomic mass is 16.5. The SMILES string of the molecule is CCC(C=NC)CC(CC)COC. The van der Waals surface area contributed by atoms with Crippen LogP contribution in [0.4, 0.5) is 0 Å². The van der Waals surface area contributed by atoms with E-state index in [4.69, 9.17) is 4.74 Å². The van der Waals surface area contributed by atoms with Crippen LogP contribution in [0, 0.1) is 11.8 Å². The lowest BCUT2D eigenvalue weighted by molar-refractivity contribution is 0.141. The van der Waals surface area contributed by atoms with Crippen molar-refractivity contribution in [2.45, 2.75) is 33.1 Å². The molecule has 2 heteroatoms. The third kappa shape index (κ3) is 5.81. The Labute approximate surface area is 82.4 Å². The molecule has 0 fully saturated rings. The van der Waals surface area contributed by atoms with E-state index < -0.39 is 0 Å². The van der Waals surface area contributed by atoms with Gasteiger partial charge in [0.1, 0.15) is 0 Å². The maximum atomic E-state index is 5.17. The molecule has 0 aliphatic heterocycles. The molecule has 0 aliphatic carbocycles. The molecule has 0 saturated carbocycles. The second kappa shape index (κ2) is 8.24. The van der Waals surface area contributed by atoms with Crippen molar-refractivity contribution in [3.63, 3.8) is 0 Å². The van der Waals surface area contributed by atoms with Gasteiger partial charge in [0.25, 0.3) is 0 Å². The second-order valence-corrected chi connectivity index (χ2v) is 3.54. The number of nitrogens with zero attached hydrogens (tertiary/aromatic N) is 1. The predicted octanol–water partition coefficient (Wildman–Crippen LogP) is 2.78. The minimum absolute atomic E-state index is 0.630. The van der Waals surface area contributed by atoms with Crippen LogP contribution in [0.15, 0.2) is 4.99 Å². The van der Waals surface area contributed by atoms with Crippen molar-refractivity contribution in [1.82, 2.24) is 0 Å². The number of ether oxygens (including phenoxy) is 1. The van der Waals surface area contributed by atoms with Crippen molar-refractivity contribution < 1.29 is 4.74 Å². The van der Waals surface area contributed by atoms with Crippen molar-refractivity contribution >= 4 is 6.21 Å². The third-order valence-electron chi connectivity index (χ3n) is 2.50. The molecule has 0 aromatic heterocycles. The number of rotatable bonds is 7. The van der Waals surface area contributed by atoms with Crippen molar-refractivity contribution in [1.29, 1.82) is 0 Å². The Balaban J connectivity index is 3.87. The monoisotopic (exact) mass is 185 g/mol. The van der Waals surface area contributed by atoms with E-state index in [1.54, 1.807) is 7.11 Å². The largest absolute Gasteiger partial charge is 0.384 e. The minimum Gasteiger partial charge on any atom is -0.384 e. The highest BCUT2D eigenvalue weighted by molar-refractivity contribution is 5.60. The first kappa shape index (κ1) is 12.6. The standard InChI is InChI=1S/C11H23NO/c1-5-10(8-12-3)7-11(6-2)9-13-4/h8,10-11H,5-7,9H2,1-4H3. The smallest absolute Gasteiger partial charge is 0.0490 e. The molecular weight excluding hydrogens is 162 g/mol. The van der Waals surface area contributed by atoms with Crippen LogP contribution >= 0.6 is 0 Å². The lowest BCUT2D eigenvalue weighted by atomic mass is 9.92. The van der Waals surface area contributed by atoms with Gasteiger partial charge < -0.3 is 9.73 Å². The Morgan fingerprint density at radius 3 is 2.38 bits per heavy atom. The summed E-state index contributed by atoms with van der Waals surface area (Å²) in [5, 5.41) is 0. The molecule has 0 heterocycles. The molecule has 2 unspecified atom stereocenters. The average molecular weight is 185 g/mol. The molecule has 0 amide bonds. The molecule has 0 aromatic carbocycles. The summed E-state index contributed by atoms with van der Waals surface area (Å²) in [6.45, 7) is 5.32. The fourth-order valence-electron chi connectivity index (χ4n) is 1.56. The van der Waals surface area contributed by atoms with Gasteiger partial charge in [-0.2, -0.15) is 0 Å². The Bertz CT molecular complexity index is 134. The molecule has 0 spiro atoms. The van der Waals surface area contributed by atoms with Gasteiger partial charge >= 0.3 is 0 Å². The summed E-state index contributed by atoms with van der Waals surface area (Å²) in [7, 11) is 3.62. The van der Waals surface area contributed by atoms with Gasteiger partial charge in [0, 0.05) is 27.0 Å². The molecule has 0 saturated heterocycles. The summed E-state index contributed by atoms with van der Waals surface area (Å²) in [5.74, 6) is 1.32. The number of methoxy groups -OCH3 is 1. The second-order valence-electron chi connectivity index (χ2n) is 3.54. The van der Waals surface area contributed by atoms with Crippen LogP contribution in [0.5, 0.6) is 0 Å². The van der Waals surface area contributed by atoms with Gasteiger partial charge in [-0.15, -0.1) is 0 Å². The van der Waals surface area contributed by atoms with E-state index >= 15 is 0 Å². The first-order valence-electron chi connectivity index (χ1n) is 5.19. The molecule has 2 nitrogen and oxygen atoms in total. The molecule has 0 bridgehead atoms. The van der Waals surface area contributed by atoms with Crippen LogP contribution in [0.25, 0.3) is 0 Å². The maximum Gasteiger partial charge on any atom is 0.0490 e. The molecule has 13 heavy (non-hydrogen) atoms. The van der Waals surface area contributed by atoms with Gasteiger partial charge in [-0.1, -0.05) is 20.3 Å². The van der Waals surface area contributed by atoms with Crippen LogP contribution in [0.1, 0.15) is 33.1 Å². The zero-order valence-corrected chi connectivity index (χ0v) is 9.42. The molecule has 0 N–H and O–H groups in total. The summed E-state index contributed by atoms with van der Waals surface area (Å²) >= 11 is 0. The Morgan fingerprint density at radius 2 is 2.00 bits per heavy atom. The quantitative estimate of drug-likeness (QED) is 0.559. The summed E-state index contributed by atoms with van der Waals surface area (Å²) in [6, 6.07) is 0. The molecule has 0 rings (SSSR count). The normalized spacial score (nSPS) is 16.3. The highest BCUT2D eigenvalue weighted by Gasteiger charge is 2.11. The number of aliphatic imine (C=N–C) groups is 1. The fraction of sp³-hybridized carbons (Fsp3) is 0.909. The van der Waals surface area contributed by atoms with Crippen molar-refractivity contribution in [2.24, 2.45) is 16.8 Å². The first-order chi connectivity index (χ1) is 6.28. The van der Waals surface area contributed by atoms with Gasteiger partial charge in [-0.3, -0.25) is 0 Å². The topological polar surface area (TPSA) is 21.6 Å². The lowest BCUT2D eigenvalue weighted by Gasteiger charge is -2.17. The van der Waals surface area contributed by atoms with E-state index in [0.29, 0.717) is 11.8 Å². The van der Waals surface area contributed by atoms with Gasteiger partial charge in [0.15, 0.2) is 0 Å². The first-order valence-corrected chi connectivity index (χ1v) is 5.19. The van der Waals surface area contributed by atoms with E-state index in [-0.39, 0.29) is 0 Å². The van der Waals surface area contributed by atoms with Crippen LogP contribution in [-0.2, 0) is 4.74 Å². The molecular formula is C11H23NO. The van der Waals surface area contributed by atoms with Gasteiger partial charge in [0.05, 0.1) is 0 Å². The maximum absolute atomic E-state index is 5.17. The van der Waals surface area contributed by atoms with Crippen LogP contribution in [-0.4, -0.2) is 27.0 Å². The van der Waals surface area contributed by atoms with E-state index in [1.165, 1.54) is 19.3 Å². The van der Waals surface area contributed by atoms with Gasteiger partial charge in [0.2, 0.25) is 0 Å². The van der Waals surface area contributed by atoms with E-state index in [1.807, 2.05) is 7.05 Å². The number of hydrogen-bond donors (Lipinski definition) is 0. The van der Waals surface area contributed by atoms with E-state index in [2.05, 4.69) is 25.1 Å². The zero-order chi connectivity index (χ0) is 10.1. The summed E-state index contributed by atoms with van der Waals surface area (Å²) in [4.78, 5) is 4.09. The summed E-state index contributed by atoms with van der Waals surface area (Å²) in [6.07, 6.45) is 5.65. The summed E-state index contributed by atoms with van der Waals surface area (Å²) < 4.78 is 5.17. The highest BCUT2D eigenvalue weighted by Crippen LogP contribution is 2.17.